The van der Waals surface area contributed by atoms with E-state index in [0.29, 0.717) is 16.5 Å². The number of nitrogens with zero attached hydrogens (tertiary/aromatic N) is 4. The Morgan fingerprint density at radius 1 is 1.00 bits per heavy atom. The summed E-state index contributed by atoms with van der Waals surface area (Å²) < 4.78 is 20.9. The van der Waals surface area contributed by atoms with E-state index in [1.807, 2.05) is 0 Å². The summed E-state index contributed by atoms with van der Waals surface area (Å²) in [5.74, 6) is -0.832. The van der Waals surface area contributed by atoms with Crippen molar-refractivity contribution in [3.63, 3.8) is 0 Å². The normalized spacial score (nSPS) is 10.7. The summed E-state index contributed by atoms with van der Waals surface area (Å²) in [6, 6.07) is 17.5. The van der Waals surface area contributed by atoms with Crippen LogP contribution < -0.4 is 27.2 Å². The van der Waals surface area contributed by atoms with Crippen LogP contribution in [0.25, 0.3) is 0 Å². The van der Waals surface area contributed by atoms with Gasteiger partial charge in [-0.05, 0) is 48.0 Å². The fourth-order valence-corrected chi connectivity index (χ4v) is 3.38. The molecule has 2 aromatic heterocycles. The van der Waals surface area contributed by atoms with Crippen LogP contribution in [0.4, 0.5) is 16.0 Å². The fourth-order valence-electron chi connectivity index (χ4n) is 3.26. The summed E-state index contributed by atoms with van der Waals surface area (Å²) in [6.45, 7) is -0.115. The Hall–Kier alpha value is -4.51. The van der Waals surface area contributed by atoms with Gasteiger partial charge in [-0.2, -0.15) is 14.4 Å². The van der Waals surface area contributed by atoms with Gasteiger partial charge in [0, 0.05) is 29.7 Å². The fraction of sp³-hybridized carbons (Fsp3) is 0.125. The van der Waals surface area contributed by atoms with Gasteiger partial charge in [0.2, 0.25) is 23.7 Å². The van der Waals surface area contributed by atoms with E-state index < -0.39 is 23.2 Å². The lowest BCUT2D eigenvalue weighted by Gasteiger charge is -2.16. The Morgan fingerprint density at radius 2 is 1.72 bits per heavy atom. The molecule has 0 radical (unpaired) electrons. The minimum atomic E-state index is -0.826. The number of nitrogens with two attached hydrogens (primary N) is 1. The van der Waals surface area contributed by atoms with Crippen LogP contribution in [-0.2, 0) is 17.9 Å². The SMILES string of the molecule is NC(=O)CCn1c(=O)nc(Nc2ccc(Oc3cccc(F)n3)cc2)n(Cc2ccc(Cl)cc2)c1=O. The van der Waals surface area contributed by atoms with Gasteiger partial charge in [0.15, 0.2) is 0 Å². The first-order chi connectivity index (χ1) is 17.3. The maximum absolute atomic E-state index is 13.3. The van der Waals surface area contributed by atoms with Gasteiger partial charge < -0.3 is 15.8 Å². The first-order valence-electron chi connectivity index (χ1n) is 10.7. The monoisotopic (exact) mass is 510 g/mol. The van der Waals surface area contributed by atoms with Crippen molar-refractivity contribution in [3.8, 4) is 11.6 Å². The highest BCUT2D eigenvalue weighted by atomic mass is 35.5. The van der Waals surface area contributed by atoms with E-state index in [1.165, 1.54) is 22.8 Å². The molecule has 4 rings (SSSR count). The number of anilines is 2. The quantitative estimate of drug-likeness (QED) is 0.330. The molecule has 1 amide bonds. The molecule has 2 aromatic carbocycles. The first kappa shape index (κ1) is 24.6. The zero-order chi connectivity index (χ0) is 25.7. The molecule has 0 saturated carbocycles. The highest BCUT2D eigenvalue weighted by Gasteiger charge is 2.15. The second kappa shape index (κ2) is 10.8. The molecular formula is C24H20ClFN6O4. The average molecular weight is 511 g/mol. The van der Waals surface area contributed by atoms with Crippen molar-refractivity contribution in [1.29, 1.82) is 0 Å². The number of hydrogen-bond donors (Lipinski definition) is 2. The Labute approximate surface area is 208 Å². The van der Waals surface area contributed by atoms with Crippen molar-refractivity contribution in [2.45, 2.75) is 19.5 Å². The van der Waals surface area contributed by atoms with Gasteiger partial charge in [-0.3, -0.25) is 9.36 Å². The van der Waals surface area contributed by atoms with Crippen LogP contribution in [0.5, 0.6) is 11.6 Å². The van der Waals surface area contributed by atoms with E-state index in [0.717, 1.165) is 10.1 Å². The smallest absolute Gasteiger partial charge is 0.354 e. The minimum Gasteiger partial charge on any atom is -0.439 e. The highest BCUT2D eigenvalue weighted by molar-refractivity contribution is 6.30. The van der Waals surface area contributed by atoms with E-state index >= 15 is 0 Å². The van der Waals surface area contributed by atoms with Gasteiger partial charge in [-0.15, -0.1) is 0 Å². The summed E-state index contributed by atoms with van der Waals surface area (Å²) in [4.78, 5) is 44.6. The number of hydrogen-bond acceptors (Lipinski definition) is 7. The topological polar surface area (TPSA) is 134 Å². The summed E-state index contributed by atoms with van der Waals surface area (Å²) in [7, 11) is 0. The van der Waals surface area contributed by atoms with Crippen molar-refractivity contribution in [3.05, 3.63) is 104 Å². The van der Waals surface area contributed by atoms with Crippen molar-refractivity contribution in [1.82, 2.24) is 19.1 Å². The third-order valence-electron chi connectivity index (χ3n) is 5.01. The number of pyridine rings is 1. The molecule has 0 saturated heterocycles. The van der Waals surface area contributed by atoms with Crippen molar-refractivity contribution in [2.75, 3.05) is 5.32 Å². The van der Waals surface area contributed by atoms with Crippen LogP contribution in [0.1, 0.15) is 12.0 Å². The Balaban J connectivity index is 1.64. The highest BCUT2D eigenvalue weighted by Crippen LogP contribution is 2.23. The molecule has 0 aliphatic carbocycles. The van der Waals surface area contributed by atoms with E-state index in [9.17, 15) is 18.8 Å². The first-order valence-corrected chi connectivity index (χ1v) is 11.1. The lowest BCUT2D eigenvalue weighted by atomic mass is 10.2. The molecule has 0 spiro atoms. The second-order valence-corrected chi connectivity index (χ2v) is 8.07. The molecule has 10 nitrogen and oxygen atoms in total. The molecule has 2 heterocycles. The molecule has 12 heteroatoms. The third-order valence-corrected chi connectivity index (χ3v) is 5.26. The van der Waals surface area contributed by atoms with Crippen molar-refractivity contribution in [2.24, 2.45) is 5.73 Å². The molecule has 0 aliphatic rings. The number of benzene rings is 2. The lowest BCUT2D eigenvalue weighted by molar-refractivity contribution is -0.118. The number of rotatable bonds is 9. The number of aromatic nitrogens is 4. The number of primary amides is 1. The molecule has 184 valence electrons. The lowest BCUT2D eigenvalue weighted by Crippen LogP contribution is -2.43. The summed E-state index contributed by atoms with van der Waals surface area (Å²) in [6.07, 6.45) is -0.188. The maximum Gasteiger partial charge on any atom is 0.354 e. The van der Waals surface area contributed by atoms with Crippen LogP contribution >= 0.6 is 11.6 Å². The molecule has 0 atom stereocenters. The van der Waals surface area contributed by atoms with E-state index in [2.05, 4.69) is 15.3 Å². The molecule has 3 N–H and O–H groups in total. The largest absolute Gasteiger partial charge is 0.439 e. The van der Waals surface area contributed by atoms with Crippen molar-refractivity contribution >= 4 is 29.1 Å². The molecular weight excluding hydrogens is 491 g/mol. The van der Waals surface area contributed by atoms with Gasteiger partial charge in [0.05, 0.1) is 6.54 Å². The Bertz CT molecular complexity index is 1500. The standard InChI is InChI=1S/C24H20ClFN6O4/c25-16-6-4-15(5-7-16)14-32-22(30-23(34)31(24(32)35)13-12-20(27)33)28-17-8-10-18(11-9-17)36-21-3-1-2-19(26)29-21/h1-11H,12-14H2,(H2,27,33)(H,28,30,34). The van der Waals surface area contributed by atoms with Gasteiger partial charge in [-0.25, -0.2) is 14.2 Å². The zero-order valence-corrected chi connectivity index (χ0v) is 19.5. The summed E-state index contributed by atoms with van der Waals surface area (Å²) >= 11 is 5.96. The number of amides is 1. The predicted molar refractivity (Wildman–Crippen MR) is 131 cm³/mol. The molecule has 0 unspecified atom stereocenters. The van der Waals surface area contributed by atoms with Crippen LogP contribution in [-0.4, -0.2) is 25.0 Å². The van der Waals surface area contributed by atoms with Crippen LogP contribution in [0.3, 0.4) is 0 Å². The van der Waals surface area contributed by atoms with Crippen molar-refractivity contribution < 1.29 is 13.9 Å². The van der Waals surface area contributed by atoms with Crippen LogP contribution in [0, 0.1) is 5.95 Å². The van der Waals surface area contributed by atoms with Gasteiger partial charge in [-0.1, -0.05) is 29.8 Å². The van der Waals surface area contributed by atoms with Gasteiger partial charge >= 0.3 is 11.4 Å². The number of nitrogens with one attached hydrogen (secondary N) is 1. The number of halogens is 2. The van der Waals surface area contributed by atoms with E-state index in [4.69, 9.17) is 22.1 Å². The third kappa shape index (κ3) is 6.13. The van der Waals surface area contributed by atoms with E-state index in [1.54, 1.807) is 48.5 Å². The number of carbonyl (C=O) groups excluding carboxylic acids is 1. The molecule has 0 fully saturated rings. The van der Waals surface area contributed by atoms with Crippen LogP contribution in [0.2, 0.25) is 5.02 Å². The maximum atomic E-state index is 13.3. The second-order valence-electron chi connectivity index (χ2n) is 7.63. The molecule has 0 aliphatic heterocycles. The Morgan fingerprint density at radius 3 is 2.39 bits per heavy atom. The van der Waals surface area contributed by atoms with Crippen LogP contribution in [0.15, 0.2) is 76.3 Å². The Kier molecular flexibility index (Phi) is 7.40. The molecule has 0 bridgehead atoms. The van der Waals surface area contributed by atoms with E-state index in [-0.39, 0.29) is 31.3 Å². The predicted octanol–water partition coefficient (Wildman–Crippen LogP) is 3.05. The summed E-state index contributed by atoms with van der Waals surface area (Å²) in [5.41, 5.74) is 4.92. The zero-order valence-electron chi connectivity index (χ0n) is 18.7. The van der Waals surface area contributed by atoms with Gasteiger partial charge in [0.1, 0.15) is 5.75 Å². The molecule has 36 heavy (non-hydrogen) atoms. The number of ether oxygens (including phenoxy) is 1. The molecule has 4 aromatic rings. The number of carbonyl (C=O) groups is 1. The minimum absolute atomic E-state index is 0.00394. The summed E-state index contributed by atoms with van der Waals surface area (Å²) in [5, 5.41) is 3.50. The average Bonchev–Trinajstić information content (AvgIpc) is 2.83. The van der Waals surface area contributed by atoms with Gasteiger partial charge in [0.25, 0.3) is 0 Å².